The molecule has 132 valence electrons. The summed E-state index contributed by atoms with van der Waals surface area (Å²) in [5.74, 6) is -0.249. The molecule has 7 heteroatoms. The number of carbonyl (C=O) groups excluding carboxylic acids is 2. The van der Waals surface area contributed by atoms with Crippen molar-refractivity contribution >= 4 is 11.8 Å². The first-order valence-electron chi connectivity index (χ1n) is 8.36. The van der Waals surface area contributed by atoms with E-state index in [0.29, 0.717) is 32.8 Å². The first-order valence-corrected chi connectivity index (χ1v) is 8.36. The highest BCUT2D eigenvalue weighted by atomic mass is 16.5. The molecule has 1 aliphatic rings. The molecule has 0 aliphatic carbocycles. The van der Waals surface area contributed by atoms with Gasteiger partial charge in [-0.15, -0.1) is 0 Å². The van der Waals surface area contributed by atoms with Crippen molar-refractivity contribution < 1.29 is 14.3 Å². The van der Waals surface area contributed by atoms with E-state index in [-0.39, 0.29) is 24.3 Å². The Hall–Kier alpha value is -1.99. The van der Waals surface area contributed by atoms with Gasteiger partial charge in [-0.2, -0.15) is 0 Å². The van der Waals surface area contributed by atoms with Crippen LogP contribution in [-0.4, -0.2) is 60.1 Å². The number of aromatic nitrogens is 1. The molecule has 1 aromatic rings. The van der Waals surface area contributed by atoms with Crippen molar-refractivity contribution in [2.45, 2.75) is 39.0 Å². The summed E-state index contributed by atoms with van der Waals surface area (Å²) in [5, 5.41) is 5.63. The van der Waals surface area contributed by atoms with Crippen LogP contribution in [0.2, 0.25) is 0 Å². The molecule has 1 saturated heterocycles. The fourth-order valence-electron chi connectivity index (χ4n) is 2.61. The highest BCUT2D eigenvalue weighted by molar-refractivity contribution is 5.88. The lowest BCUT2D eigenvalue weighted by Gasteiger charge is -2.34. The van der Waals surface area contributed by atoms with E-state index >= 15 is 0 Å². The Labute approximate surface area is 142 Å². The Balaban J connectivity index is 1.86. The second kappa shape index (κ2) is 9.34. The average Bonchev–Trinajstić information content (AvgIpc) is 2.56. The summed E-state index contributed by atoms with van der Waals surface area (Å²) in [5.41, 5.74) is 0.892. The Morgan fingerprint density at radius 1 is 1.50 bits per heavy atom. The summed E-state index contributed by atoms with van der Waals surface area (Å²) in [6, 6.07) is 5.23. The summed E-state index contributed by atoms with van der Waals surface area (Å²) in [6.07, 6.45) is 2.01. The lowest BCUT2D eigenvalue weighted by atomic mass is 10.1. The third kappa shape index (κ3) is 5.90. The molecule has 2 amide bonds. The molecular weight excluding hydrogens is 308 g/mol. The summed E-state index contributed by atoms with van der Waals surface area (Å²) in [7, 11) is 0. The van der Waals surface area contributed by atoms with Gasteiger partial charge in [-0.1, -0.05) is 6.07 Å². The van der Waals surface area contributed by atoms with Crippen LogP contribution in [0, 0.1) is 0 Å². The number of nitrogens with one attached hydrogen (secondary N) is 2. The molecule has 2 rings (SSSR count). The number of hydrogen-bond donors (Lipinski definition) is 2. The van der Waals surface area contributed by atoms with Gasteiger partial charge >= 0.3 is 0 Å². The number of amides is 2. The predicted octanol–water partition coefficient (Wildman–Crippen LogP) is 0.313. The van der Waals surface area contributed by atoms with Gasteiger partial charge in [0.2, 0.25) is 11.8 Å². The summed E-state index contributed by atoms with van der Waals surface area (Å²) < 4.78 is 5.39. The maximum atomic E-state index is 12.2. The van der Waals surface area contributed by atoms with Gasteiger partial charge in [0, 0.05) is 32.4 Å². The van der Waals surface area contributed by atoms with Crippen molar-refractivity contribution in [1.82, 2.24) is 20.5 Å². The number of hydrogen-bond acceptors (Lipinski definition) is 5. The minimum absolute atomic E-state index is 0.106. The minimum atomic E-state index is -0.466. The number of piperazine rings is 1. The number of ether oxygens (including phenoxy) is 1. The Bertz CT molecular complexity index is 536. The second-order valence-electron chi connectivity index (χ2n) is 6.07. The van der Waals surface area contributed by atoms with Crippen LogP contribution >= 0.6 is 0 Å². The molecule has 2 heterocycles. The molecule has 0 aromatic carbocycles. The highest BCUT2D eigenvalue weighted by Crippen LogP contribution is 2.12. The third-order valence-corrected chi connectivity index (χ3v) is 3.79. The van der Waals surface area contributed by atoms with Gasteiger partial charge in [0.15, 0.2) is 0 Å². The van der Waals surface area contributed by atoms with E-state index in [2.05, 4.69) is 15.6 Å². The fourth-order valence-corrected chi connectivity index (χ4v) is 2.61. The van der Waals surface area contributed by atoms with Gasteiger partial charge < -0.3 is 15.4 Å². The molecule has 1 atom stereocenters. The maximum Gasteiger partial charge on any atom is 0.237 e. The number of nitrogens with zero attached hydrogens (tertiary/aromatic N) is 2. The molecular formula is C17H26N4O3. The normalized spacial score (nSPS) is 18.5. The van der Waals surface area contributed by atoms with E-state index in [4.69, 9.17) is 4.74 Å². The van der Waals surface area contributed by atoms with E-state index in [1.54, 1.807) is 6.20 Å². The van der Waals surface area contributed by atoms with Crippen LogP contribution in [0.5, 0.6) is 0 Å². The number of carbonyl (C=O) groups is 2. The molecule has 7 nitrogen and oxygen atoms in total. The van der Waals surface area contributed by atoms with Crippen molar-refractivity contribution in [2.75, 3.05) is 26.2 Å². The van der Waals surface area contributed by atoms with Crippen LogP contribution in [-0.2, 0) is 20.9 Å². The van der Waals surface area contributed by atoms with Crippen molar-refractivity contribution in [3.05, 3.63) is 30.1 Å². The molecule has 1 fully saturated rings. The lowest BCUT2D eigenvalue weighted by molar-refractivity contribution is -0.134. The highest BCUT2D eigenvalue weighted by Gasteiger charge is 2.31. The van der Waals surface area contributed by atoms with Crippen molar-refractivity contribution in [3.8, 4) is 0 Å². The van der Waals surface area contributed by atoms with E-state index in [1.165, 1.54) is 0 Å². The molecule has 1 aromatic heterocycles. The zero-order valence-electron chi connectivity index (χ0n) is 14.3. The number of rotatable bonds is 8. The third-order valence-electron chi connectivity index (χ3n) is 3.79. The van der Waals surface area contributed by atoms with Gasteiger partial charge in [-0.3, -0.25) is 19.5 Å². The molecule has 1 unspecified atom stereocenters. The first kappa shape index (κ1) is 18.4. The average molecular weight is 334 g/mol. The van der Waals surface area contributed by atoms with Gasteiger partial charge in [0.05, 0.1) is 30.9 Å². The molecule has 0 bridgehead atoms. The zero-order valence-corrected chi connectivity index (χ0v) is 14.3. The predicted molar refractivity (Wildman–Crippen MR) is 90.2 cm³/mol. The maximum absolute atomic E-state index is 12.2. The topological polar surface area (TPSA) is 83.6 Å². The standard InChI is InChI=1S/C17H26N4O3/c1-13(2)24-10-8-19-16(22)11-15-17(23)20-7-9-21(15)12-14-5-3-4-6-18-14/h3-6,13,15H,7-12H2,1-2H3,(H,19,22)(H,20,23). The molecule has 0 radical (unpaired) electrons. The fraction of sp³-hybridized carbons (Fsp3) is 0.588. The lowest BCUT2D eigenvalue weighted by Crippen LogP contribution is -2.56. The molecule has 1 aliphatic heterocycles. The Morgan fingerprint density at radius 2 is 2.33 bits per heavy atom. The van der Waals surface area contributed by atoms with Crippen LogP contribution < -0.4 is 10.6 Å². The number of pyridine rings is 1. The van der Waals surface area contributed by atoms with Crippen molar-refractivity contribution in [3.63, 3.8) is 0 Å². The van der Waals surface area contributed by atoms with Crippen LogP contribution in [0.4, 0.5) is 0 Å². The van der Waals surface area contributed by atoms with Crippen LogP contribution in [0.25, 0.3) is 0 Å². The summed E-state index contributed by atoms with van der Waals surface area (Å²) in [6.45, 7) is 6.67. The van der Waals surface area contributed by atoms with E-state index < -0.39 is 6.04 Å². The van der Waals surface area contributed by atoms with Crippen LogP contribution in [0.15, 0.2) is 24.4 Å². The van der Waals surface area contributed by atoms with E-state index in [9.17, 15) is 9.59 Å². The zero-order chi connectivity index (χ0) is 17.4. The SMILES string of the molecule is CC(C)OCCNC(=O)CC1C(=O)NCCN1Cc1ccccn1. The van der Waals surface area contributed by atoms with E-state index in [0.717, 1.165) is 5.69 Å². The van der Waals surface area contributed by atoms with Gasteiger partial charge in [0.1, 0.15) is 0 Å². The van der Waals surface area contributed by atoms with Gasteiger partial charge in [-0.05, 0) is 26.0 Å². The monoisotopic (exact) mass is 334 g/mol. The Morgan fingerprint density at radius 3 is 3.04 bits per heavy atom. The minimum Gasteiger partial charge on any atom is -0.377 e. The molecule has 24 heavy (non-hydrogen) atoms. The smallest absolute Gasteiger partial charge is 0.237 e. The second-order valence-corrected chi connectivity index (χ2v) is 6.07. The van der Waals surface area contributed by atoms with Crippen LogP contribution in [0.3, 0.4) is 0 Å². The summed E-state index contributed by atoms with van der Waals surface area (Å²) in [4.78, 5) is 30.6. The van der Waals surface area contributed by atoms with Crippen LogP contribution in [0.1, 0.15) is 26.0 Å². The van der Waals surface area contributed by atoms with E-state index in [1.807, 2.05) is 36.9 Å². The van der Waals surface area contributed by atoms with Crippen molar-refractivity contribution in [2.24, 2.45) is 0 Å². The van der Waals surface area contributed by atoms with Gasteiger partial charge in [0.25, 0.3) is 0 Å². The summed E-state index contributed by atoms with van der Waals surface area (Å²) >= 11 is 0. The van der Waals surface area contributed by atoms with Crippen molar-refractivity contribution in [1.29, 1.82) is 0 Å². The Kier molecular flexibility index (Phi) is 7.14. The molecule has 2 N–H and O–H groups in total. The molecule has 0 saturated carbocycles. The first-order chi connectivity index (χ1) is 11.6. The molecule has 0 spiro atoms. The quantitative estimate of drug-likeness (QED) is 0.669. The van der Waals surface area contributed by atoms with Gasteiger partial charge in [-0.25, -0.2) is 0 Å². The largest absolute Gasteiger partial charge is 0.377 e.